The molecular formula is C15H22N4O3. The Balaban J connectivity index is 1.94. The van der Waals surface area contributed by atoms with Crippen LogP contribution in [-0.2, 0) is 6.54 Å². The maximum Gasteiger partial charge on any atom is 0.273 e. The van der Waals surface area contributed by atoms with E-state index >= 15 is 0 Å². The predicted octanol–water partition coefficient (Wildman–Crippen LogP) is 1.36. The summed E-state index contributed by atoms with van der Waals surface area (Å²) in [5.41, 5.74) is 0.279. The summed E-state index contributed by atoms with van der Waals surface area (Å²) >= 11 is 0. The van der Waals surface area contributed by atoms with Gasteiger partial charge in [-0.1, -0.05) is 19.0 Å². The maximum atomic E-state index is 12.0. The molecule has 7 heteroatoms. The van der Waals surface area contributed by atoms with Crippen LogP contribution in [0.3, 0.4) is 0 Å². The highest BCUT2D eigenvalue weighted by molar-refractivity contribution is 5.92. The van der Waals surface area contributed by atoms with Crippen LogP contribution in [0, 0.1) is 12.8 Å². The smallest absolute Gasteiger partial charge is 0.273 e. The van der Waals surface area contributed by atoms with Crippen LogP contribution >= 0.6 is 0 Å². The van der Waals surface area contributed by atoms with Crippen molar-refractivity contribution in [1.82, 2.24) is 20.3 Å². The zero-order valence-corrected chi connectivity index (χ0v) is 13.3. The molecule has 7 nitrogen and oxygen atoms in total. The van der Waals surface area contributed by atoms with Crippen molar-refractivity contribution in [1.29, 1.82) is 0 Å². The van der Waals surface area contributed by atoms with Gasteiger partial charge in [-0.2, -0.15) is 5.10 Å². The number of amides is 1. The second-order valence-electron chi connectivity index (χ2n) is 6.09. The quantitative estimate of drug-likeness (QED) is 0.840. The largest absolute Gasteiger partial charge is 0.388 e. The van der Waals surface area contributed by atoms with Gasteiger partial charge in [-0.3, -0.25) is 9.48 Å². The van der Waals surface area contributed by atoms with Gasteiger partial charge >= 0.3 is 0 Å². The Labute approximate surface area is 129 Å². The molecule has 0 spiro atoms. The summed E-state index contributed by atoms with van der Waals surface area (Å²) in [6, 6.07) is 1.58. The lowest BCUT2D eigenvalue weighted by Gasteiger charge is -2.27. The highest BCUT2D eigenvalue weighted by Gasteiger charge is 2.26. The molecule has 1 unspecified atom stereocenters. The van der Waals surface area contributed by atoms with E-state index in [0.29, 0.717) is 12.3 Å². The predicted molar refractivity (Wildman–Crippen MR) is 80.4 cm³/mol. The number of aromatic nitrogens is 3. The van der Waals surface area contributed by atoms with E-state index < -0.39 is 5.60 Å². The second-order valence-corrected chi connectivity index (χ2v) is 6.09. The molecule has 0 saturated heterocycles. The van der Waals surface area contributed by atoms with Gasteiger partial charge in [-0.25, -0.2) is 0 Å². The summed E-state index contributed by atoms with van der Waals surface area (Å²) in [6.45, 7) is 8.00. The SMILES string of the molecule is Cc1cnn(Cc2cc(C(=O)NCC(C)(O)C(C)C)no2)c1. The molecule has 0 fully saturated rings. The van der Waals surface area contributed by atoms with Crippen LogP contribution < -0.4 is 5.32 Å². The summed E-state index contributed by atoms with van der Waals surface area (Å²) in [6.07, 6.45) is 3.63. The second kappa shape index (κ2) is 6.31. The van der Waals surface area contributed by atoms with Crippen LogP contribution in [0.2, 0.25) is 0 Å². The number of nitrogens with one attached hydrogen (secondary N) is 1. The summed E-state index contributed by atoms with van der Waals surface area (Å²) in [4.78, 5) is 12.0. The van der Waals surface area contributed by atoms with Gasteiger partial charge in [0.15, 0.2) is 11.5 Å². The lowest BCUT2D eigenvalue weighted by atomic mass is 9.92. The Hall–Kier alpha value is -2.15. The van der Waals surface area contributed by atoms with Crippen LogP contribution in [-0.4, -0.2) is 38.1 Å². The molecule has 0 radical (unpaired) electrons. The molecular weight excluding hydrogens is 284 g/mol. The van der Waals surface area contributed by atoms with E-state index in [-0.39, 0.29) is 24.1 Å². The van der Waals surface area contributed by atoms with Crippen molar-refractivity contribution in [2.24, 2.45) is 5.92 Å². The van der Waals surface area contributed by atoms with Gasteiger partial charge in [0, 0.05) is 18.8 Å². The molecule has 2 rings (SSSR count). The molecule has 0 aliphatic rings. The number of aryl methyl sites for hydroxylation is 1. The topological polar surface area (TPSA) is 93.2 Å². The molecule has 2 aromatic heterocycles. The normalized spacial score (nSPS) is 14.1. The molecule has 2 N–H and O–H groups in total. The Kier molecular flexibility index (Phi) is 4.65. The number of rotatable bonds is 6. The first kappa shape index (κ1) is 16.2. The van der Waals surface area contributed by atoms with Crippen molar-refractivity contribution in [2.45, 2.75) is 39.8 Å². The molecule has 0 aromatic carbocycles. The van der Waals surface area contributed by atoms with E-state index in [1.165, 1.54) is 0 Å². The van der Waals surface area contributed by atoms with Gasteiger partial charge in [0.25, 0.3) is 5.91 Å². The van der Waals surface area contributed by atoms with Crippen molar-refractivity contribution < 1.29 is 14.4 Å². The molecule has 0 aliphatic carbocycles. The fourth-order valence-electron chi connectivity index (χ4n) is 1.76. The van der Waals surface area contributed by atoms with Crippen molar-refractivity contribution in [3.05, 3.63) is 35.5 Å². The molecule has 120 valence electrons. The minimum absolute atomic E-state index is 0.0312. The van der Waals surface area contributed by atoms with Crippen LogP contribution in [0.4, 0.5) is 0 Å². The highest BCUT2D eigenvalue weighted by atomic mass is 16.5. The average Bonchev–Trinajstić information content (AvgIpc) is 3.06. The van der Waals surface area contributed by atoms with Gasteiger partial charge in [0.1, 0.15) is 6.54 Å². The van der Waals surface area contributed by atoms with Gasteiger partial charge in [0.2, 0.25) is 0 Å². The fraction of sp³-hybridized carbons (Fsp3) is 0.533. The van der Waals surface area contributed by atoms with E-state index in [1.807, 2.05) is 27.0 Å². The van der Waals surface area contributed by atoms with E-state index in [0.717, 1.165) is 5.56 Å². The third kappa shape index (κ3) is 3.94. The number of aliphatic hydroxyl groups is 1. The van der Waals surface area contributed by atoms with E-state index in [1.54, 1.807) is 23.9 Å². The zero-order chi connectivity index (χ0) is 16.3. The third-order valence-corrected chi connectivity index (χ3v) is 3.72. The molecule has 2 aromatic rings. The lowest BCUT2D eigenvalue weighted by molar-refractivity contribution is 0.0141. The first-order valence-corrected chi connectivity index (χ1v) is 7.23. The monoisotopic (exact) mass is 306 g/mol. The number of hydrogen-bond donors (Lipinski definition) is 2. The minimum Gasteiger partial charge on any atom is -0.388 e. The van der Waals surface area contributed by atoms with E-state index in [9.17, 15) is 9.90 Å². The number of nitrogens with zero attached hydrogens (tertiary/aromatic N) is 3. The van der Waals surface area contributed by atoms with Gasteiger partial charge in [-0.05, 0) is 25.3 Å². The Morgan fingerprint density at radius 2 is 2.27 bits per heavy atom. The summed E-state index contributed by atoms with van der Waals surface area (Å²) < 4.78 is 6.85. The first-order chi connectivity index (χ1) is 10.3. The van der Waals surface area contributed by atoms with Crippen LogP contribution in [0.15, 0.2) is 23.0 Å². The van der Waals surface area contributed by atoms with Crippen LogP contribution in [0.5, 0.6) is 0 Å². The molecule has 1 amide bonds. The van der Waals surface area contributed by atoms with Crippen molar-refractivity contribution >= 4 is 5.91 Å². The van der Waals surface area contributed by atoms with Gasteiger partial charge < -0.3 is 14.9 Å². The lowest BCUT2D eigenvalue weighted by Crippen LogP contribution is -2.44. The standard InChI is InChI=1S/C15H22N4O3/c1-10(2)15(4,21)9-16-14(20)13-5-12(22-18-13)8-19-7-11(3)6-17-19/h5-7,10,21H,8-9H2,1-4H3,(H,16,20). The molecule has 2 heterocycles. The highest BCUT2D eigenvalue weighted by Crippen LogP contribution is 2.15. The Morgan fingerprint density at radius 3 is 2.86 bits per heavy atom. The Bertz CT molecular complexity index is 643. The summed E-state index contributed by atoms with van der Waals surface area (Å²) in [5, 5.41) is 20.7. The molecule has 1 atom stereocenters. The van der Waals surface area contributed by atoms with E-state index in [2.05, 4.69) is 15.6 Å². The maximum absolute atomic E-state index is 12.0. The molecule has 0 bridgehead atoms. The van der Waals surface area contributed by atoms with Gasteiger partial charge in [-0.15, -0.1) is 0 Å². The van der Waals surface area contributed by atoms with Crippen LogP contribution in [0.1, 0.15) is 42.6 Å². The van der Waals surface area contributed by atoms with Gasteiger partial charge in [0.05, 0.1) is 11.8 Å². The summed E-state index contributed by atoms with van der Waals surface area (Å²) in [5.74, 6) is 0.208. The van der Waals surface area contributed by atoms with Crippen LogP contribution in [0.25, 0.3) is 0 Å². The number of hydrogen-bond acceptors (Lipinski definition) is 5. The van der Waals surface area contributed by atoms with Crippen molar-refractivity contribution in [3.8, 4) is 0 Å². The first-order valence-electron chi connectivity index (χ1n) is 7.23. The number of carbonyl (C=O) groups excluding carboxylic acids is 1. The molecule has 22 heavy (non-hydrogen) atoms. The van der Waals surface area contributed by atoms with E-state index in [4.69, 9.17) is 4.52 Å². The minimum atomic E-state index is -0.963. The fourth-order valence-corrected chi connectivity index (χ4v) is 1.76. The third-order valence-electron chi connectivity index (χ3n) is 3.72. The summed E-state index contributed by atoms with van der Waals surface area (Å²) in [7, 11) is 0. The average molecular weight is 306 g/mol. The number of carbonyl (C=O) groups is 1. The van der Waals surface area contributed by atoms with Crippen molar-refractivity contribution in [2.75, 3.05) is 6.54 Å². The van der Waals surface area contributed by atoms with Crippen molar-refractivity contribution in [3.63, 3.8) is 0 Å². The molecule has 0 saturated carbocycles. The molecule has 0 aliphatic heterocycles. The zero-order valence-electron chi connectivity index (χ0n) is 13.3. The Morgan fingerprint density at radius 1 is 1.55 bits per heavy atom.